The summed E-state index contributed by atoms with van der Waals surface area (Å²) in [6, 6.07) is 8.14. The summed E-state index contributed by atoms with van der Waals surface area (Å²) in [7, 11) is 1.63. The van der Waals surface area contributed by atoms with Crippen molar-refractivity contribution < 1.29 is 9.53 Å². The average molecular weight is 313 g/mol. The molecule has 2 heterocycles. The highest BCUT2D eigenvalue weighted by Crippen LogP contribution is 2.25. The number of benzene rings is 1. The normalized spacial score (nSPS) is 21.5. The van der Waals surface area contributed by atoms with Gasteiger partial charge in [0.05, 0.1) is 18.2 Å². The number of piperazine rings is 1. The number of nitrogens with zero attached hydrogens (tertiary/aromatic N) is 2. The minimum Gasteiger partial charge on any atom is -0.497 e. The Balaban J connectivity index is 2.05. The fourth-order valence-electron chi connectivity index (χ4n) is 3.30. The number of nitrogens with one attached hydrogen (secondary N) is 1. The number of fused-ring (bicyclic) bond motifs is 1. The van der Waals surface area contributed by atoms with Crippen LogP contribution >= 0.6 is 0 Å². The van der Waals surface area contributed by atoms with Gasteiger partial charge in [-0.25, -0.2) is 0 Å². The molecule has 1 N–H and O–H groups in total. The largest absolute Gasteiger partial charge is 0.497 e. The molecule has 0 bridgehead atoms. The predicted octanol–water partition coefficient (Wildman–Crippen LogP) is 2.37. The molecule has 0 radical (unpaired) electrons. The van der Waals surface area contributed by atoms with Gasteiger partial charge in [-0.15, -0.1) is 0 Å². The van der Waals surface area contributed by atoms with E-state index < -0.39 is 0 Å². The first-order valence-corrected chi connectivity index (χ1v) is 7.98. The van der Waals surface area contributed by atoms with Crippen LogP contribution in [0.25, 0.3) is 10.9 Å². The van der Waals surface area contributed by atoms with Gasteiger partial charge in [-0.3, -0.25) is 9.78 Å². The van der Waals surface area contributed by atoms with E-state index in [2.05, 4.69) is 24.1 Å². The number of pyridine rings is 1. The van der Waals surface area contributed by atoms with Crippen molar-refractivity contribution in [2.75, 3.05) is 20.2 Å². The quantitative estimate of drug-likeness (QED) is 0.925. The number of hydrogen-bond donors (Lipinski definition) is 1. The zero-order valence-corrected chi connectivity index (χ0v) is 14.1. The minimum atomic E-state index is 0.0638. The van der Waals surface area contributed by atoms with E-state index in [4.69, 9.17) is 4.74 Å². The third kappa shape index (κ3) is 3.15. The second kappa shape index (κ2) is 6.16. The second-order valence-corrected chi connectivity index (χ2v) is 6.37. The molecule has 1 fully saturated rings. The number of ether oxygens (including phenoxy) is 1. The summed E-state index contributed by atoms with van der Waals surface area (Å²) in [5.74, 6) is 0.799. The summed E-state index contributed by atoms with van der Waals surface area (Å²) in [6.07, 6.45) is 0. The molecule has 122 valence electrons. The maximum atomic E-state index is 13.1. The molecule has 0 aliphatic carbocycles. The van der Waals surface area contributed by atoms with E-state index in [9.17, 15) is 4.79 Å². The summed E-state index contributed by atoms with van der Waals surface area (Å²) in [4.78, 5) is 19.5. The Hall–Kier alpha value is -2.14. The van der Waals surface area contributed by atoms with Gasteiger partial charge >= 0.3 is 0 Å². The van der Waals surface area contributed by atoms with Crippen LogP contribution in [0, 0.1) is 6.92 Å². The highest BCUT2D eigenvalue weighted by Gasteiger charge is 2.26. The molecule has 1 aromatic heterocycles. The van der Waals surface area contributed by atoms with Gasteiger partial charge < -0.3 is 15.0 Å². The third-order valence-electron chi connectivity index (χ3n) is 4.22. The number of amides is 1. The molecule has 3 rings (SSSR count). The van der Waals surface area contributed by atoms with Crippen LogP contribution in [-0.2, 0) is 0 Å². The highest BCUT2D eigenvalue weighted by molar-refractivity contribution is 6.06. The van der Waals surface area contributed by atoms with Gasteiger partial charge in [-0.2, -0.15) is 0 Å². The third-order valence-corrected chi connectivity index (χ3v) is 4.22. The predicted molar refractivity (Wildman–Crippen MR) is 91.0 cm³/mol. The van der Waals surface area contributed by atoms with E-state index in [-0.39, 0.29) is 5.91 Å². The molecule has 0 unspecified atom stereocenters. The van der Waals surface area contributed by atoms with Crippen molar-refractivity contribution in [2.24, 2.45) is 0 Å². The molecule has 0 spiro atoms. The van der Waals surface area contributed by atoms with Gasteiger partial charge in [0.2, 0.25) is 0 Å². The fraction of sp³-hybridized carbons (Fsp3) is 0.444. The average Bonchev–Trinajstić information content (AvgIpc) is 2.52. The second-order valence-electron chi connectivity index (χ2n) is 6.37. The number of hydrogen-bond acceptors (Lipinski definition) is 4. The zero-order valence-electron chi connectivity index (χ0n) is 14.1. The van der Waals surface area contributed by atoms with Crippen LogP contribution in [-0.4, -0.2) is 48.1 Å². The van der Waals surface area contributed by atoms with Crippen molar-refractivity contribution in [1.29, 1.82) is 0 Å². The molecule has 23 heavy (non-hydrogen) atoms. The van der Waals surface area contributed by atoms with Crippen molar-refractivity contribution in [3.8, 4) is 5.75 Å². The summed E-state index contributed by atoms with van der Waals surface area (Å²) in [5.41, 5.74) is 2.38. The number of rotatable bonds is 2. The molecule has 1 aromatic carbocycles. The first-order chi connectivity index (χ1) is 11.0. The van der Waals surface area contributed by atoms with Crippen LogP contribution in [0.3, 0.4) is 0 Å². The van der Waals surface area contributed by atoms with Crippen molar-refractivity contribution in [3.63, 3.8) is 0 Å². The van der Waals surface area contributed by atoms with Crippen LogP contribution in [0.15, 0.2) is 24.3 Å². The zero-order chi connectivity index (χ0) is 16.6. The Morgan fingerprint density at radius 3 is 2.61 bits per heavy atom. The molecular weight excluding hydrogens is 290 g/mol. The first kappa shape index (κ1) is 15.7. The first-order valence-electron chi connectivity index (χ1n) is 7.98. The van der Waals surface area contributed by atoms with Crippen molar-refractivity contribution in [1.82, 2.24) is 15.2 Å². The monoisotopic (exact) mass is 313 g/mol. The lowest BCUT2D eigenvalue weighted by Crippen LogP contribution is -2.55. The fourth-order valence-corrected chi connectivity index (χ4v) is 3.30. The van der Waals surface area contributed by atoms with Gasteiger partial charge in [-0.1, -0.05) is 0 Å². The lowest BCUT2D eigenvalue weighted by molar-refractivity contribution is 0.0675. The topological polar surface area (TPSA) is 54.5 Å². The summed E-state index contributed by atoms with van der Waals surface area (Å²) >= 11 is 0. The minimum absolute atomic E-state index is 0.0638. The number of aromatic nitrogens is 1. The van der Waals surface area contributed by atoms with Gasteiger partial charge in [0, 0.05) is 36.3 Å². The smallest absolute Gasteiger partial charge is 0.254 e. The molecule has 5 heteroatoms. The van der Waals surface area contributed by atoms with Crippen LogP contribution in [0.4, 0.5) is 0 Å². The van der Waals surface area contributed by atoms with E-state index in [0.29, 0.717) is 17.6 Å². The van der Waals surface area contributed by atoms with Crippen molar-refractivity contribution in [3.05, 3.63) is 35.5 Å². The Morgan fingerprint density at radius 2 is 1.96 bits per heavy atom. The molecule has 5 nitrogen and oxygen atoms in total. The highest BCUT2D eigenvalue weighted by atomic mass is 16.5. The van der Waals surface area contributed by atoms with Gasteiger partial charge in [0.15, 0.2) is 0 Å². The van der Waals surface area contributed by atoms with E-state index in [1.54, 1.807) is 7.11 Å². The summed E-state index contributed by atoms with van der Waals surface area (Å²) in [6.45, 7) is 7.57. The maximum absolute atomic E-state index is 13.1. The van der Waals surface area contributed by atoms with Gasteiger partial charge in [0.1, 0.15) is 5.75 Å². The Bertz CT molecular complexity index is 734. The molecule has 2 aromatic rings. The van der Waals surface area contributed by atoms with Gasteiger partial charge in [-0.05, 0) is 45.0 Å². The van der Waals surface area contributed by atoms with Crippen molar-refractivity contribution in [2.45, 2.75) is 32.9 Å². The summed E-state index contributed by atoms with van der Waals surface area (Å²) < 4.78 is 5.30. The lowest BCUT2D eigenvalue weighted by Gasteiger charge is -2.36. The number of carbonyl (C=O) groups excluding carboxylic acids is 1. The standard InChI is InChI=1S/C18H23N3O2/c1-11-7-16(15-8-14(23-4)5-6-17(15)20-11)18(22)21-9-12(2)19-13(3)10-21/h5-8,12-13,19H,9-10H2,1-4H3/t12-,13+. The molecule has 2 atom stereocenters. The van der Waals surface area contributed by atoms with Crippen LogP contribution < -0.4 is 10.1 Å². The van der Waals surface area contributed by atoms with Crippen LogP contribution in [0.5, 0.6) is 5.75 Å². The summed E-state index contributed by atoms with van der Waals surface area (Å²) in [5, 5.41) is 4.30. The SMILES string of the molecule is COc1ccc2nc(C)cc(C(=O)N3C[C@@H](C)N[C@@H](C)C3)c2c1. The Morgan fingerprint density at radius 1 is 1.26 bits per heavy atom. The number of methoxy groups -OCH3 is 1. The molecule has 1 amide bonds. The number of aryl methyl sites for hydroxylation is 1. The number of carbonyl (C=O) groups is 1. The Kier molecular flexibility index (Phi) is 4.22. The Labute approximate surface area is 136 Å². The van der Waals surface area contributed by atoms with Crippen molar-refractivity contribution >= 4 is 16.8 Å². The van der Waals surface area contributed by atoms with E-state index in [1.165, 1.54) is 0 Å². The molecule has 1 saturated heterocycles. The lowest BCUT2D eigenvalue weighted by atomic mass is 10.0. The van der Waals surface area contributed by atoms with Gasteiger partial charge in [0.25, 0.3) is 5.91 Å². The molecule has 1 aliphatic heterocycles. The van der Waals surface area contributed by atoms with E-state index in [0.717, 1.165) is 35.4 Å². The van der Waals surface area contributed by atoms with Crippen LogP contribution in [0.1, 0.15) is 29.9 Å². The molecule has 0 saturated carbocycles. The van der Waals surface area contributed by atoms with Crippen LogP contribution in [0.2, 0.25) is 0 Å². The molecule has 1 aliphatic rings. The van der Waals surface area contributed by atoms with E-state index >= 15 is 0 Å². The molecular formula is C18H23N3O2. The maximum Gasteiger partial charge on any atom is 0.254 e. The van der Waals surface area contributed by atoms with E-state index in [1.807, 2.05) is 36.1 Å².